The van der Waals surface area contributed by atoms with Crippen LogP contribution in [0.2, 0.25) is 0 Å². The van der Waals surface area contributed by atoms with Crippen molar-refractivity contribution in [1.82, 2.24) is 19.1 Å². The number of hydrogen-bond acceptors (Lipinski definition) is 6. The van der Waals surface area contributed by atoms with Crippen molar-refractivity contribution in [2.45, 2.75) is 31.1 Å². The zero-order chi connectivity index (χ0) is 13.3. The second-order valence-electron chi connectivity index (χ2n) is 4.74. The van der Waals surface area contributed by atoms with E-state index >= 15 is 0 Å². The molecule has 0 saturated carbocycles. The van der Waals surface area contributed by atoms with Gasteiger partial charge >= 0.3 is 5.69 Å². The van der Waals surface area contributed by atoms with Gasteiger partial charge in [-0.25, -0.2) is 9.78 Å². The Morgan fingerprint density at radius 1 is 1.37 bits per heavy atom. The molecule has 3 N–H and O–H groups in total. The number of fused-ring (bicyclic) bond motifs is 3. The molecule has 19 heavy (non-hydrogen) atoms. The Labute approximate surface area is 104 Å². The summed E-state index contributed by atoms with van der Waals surface area (Å²) < 4.78 is 8.22. The second-order valence-corrected chi connectivity index (χ2v) is 4.74. The van der Waals surface area contributed by atoms with Gasteiger partial charge in [-0.05, 0) is 0 Å². The van der Waals surface area contributed by atoms with Crippen LogP contribution in [0.25, 0.3) is 11.2 Å². The monoisotopic (exact) mass is 266 g/mol. The van der Waals surface area contributed by atoms with E-state index in [1.54, 1.807) is 0 Å². The molecule has 1 saturated heterocycles. The quantitative estimate of drug-likeness (QED) is 0.485. The van der Waals surface area contributed by atoms with Crippen LogP contribution in [-0.2, 0) is 11.3 Å². The smallest absolute Gasteiger partial charge is 0.330 e. The Balaban J connectivity index is 2.13. The maximum atomic E-state index is 11.9. The number of nitrogens with zero attached hydrogens (tertiary/aromatic N) is 3. The molecule has 4 rings (SSSR count). The lowest BCUT2D eigenvalue weighted by Gasteiger charge is -2.19. The van der Waals surface area contributed by atoms with Gasteiger partial charge in [0.05, 0.1) is 12.9 Å². The average Bonchev–Trinajstić information content (AvgIpc) is 2.85. The first kappa shape index (κ1) is 10.9. The van der Waals surface area contributed by atoms with E-state index in [0.717, 1.165) is 0 Å². The van der Waals surface area contributed by atoms with E-state index in [-0.39, 0.29) is 12.1 Å². The van der Waals surface area contributed by atoms with Crippen LogP contribution in [0.5, 0.6) is 0 Å². The van der Waals surface area contributed by atoms with E-state index in [0.29, 0.717) is 5.65 Å². The van der Waals surface area contributed by atoms with Crippen LogP contribution in [0.4, 0.5) is 0 Å². The van der Waals surface area contributed by atoms with E-state index in [4.69, 9.17) is 4.74 Å². The SMILES string of the molecule is O=c1[nH]c(=O)n2c3c1ncn3[C@@H]1O[C@H](C2)[C@H](O)[C@@H]1O. The zero-order valence-corrected chi connectivity index (χ0v) is 9.55. The summed E-state index contributed by atoms with van der Waals surface area (Å²) in [4.78, 5) is 29.6. The number of nitrogens with one attached hydrogen (secondary N) is 1. The highest BCUT2D eigenvalue weighted by Crippen LogP contribution is 2.34. The van der Waals surface area contributed by atoms with Crippen molar-refractivity contribution in [2.75, 3.05) is 0 Å². The van der Waals surface area contributed by atoms with Crippen LogP contribution in [0.3, 0.4) is 0 Å². The number of aromatic amines is 1. The van der Waals surface area contributed by atoms with Gasteiger partial charge in [0.25, 0.3) is 5.56 Å². The Morgan fingerprint density at radius 2 is 2.16 bits per heavy atom. The van der Waals surface area contributed by atoms with Gasteiger partial charge in [-0.1, -0.05) is 0 Å². The van der Waals surface area contributed by atoms with Gasteiger partial charge in [0.1, 0.15) is 18.3 Å². The molecule has 2 aromatic heterocycles. The molecular weight excluding hydrogens is 256 g/mol. The predicted molar refractivity (Wildman–Crippen MR) is 60.5 cm³/mol. The molecule has 2 aliphatic heterocycles. The van der Waals surface area contributed by atoms with Crippen LogP contribution in [0.1, 0.15) is 6.23 Å². The van der Waals surface area contributed by atoms with Crippen molar-refractivity contribution in [3.63, 3.8) is 0 Å². The first-order chi connectivity index (χ1) is 9.08. The van der Waals surface area contributed by atoms with E-state index < -0.39 is 35.8 Å². The van der Waals surface area contributed by atoms with Crippen molar-refractivity contribution >= 4 is 11.2 Å². The van der Waals surface area contributed by atoms with E-state index in [1.165, 1.54) is 15.5 Å². The zero-order valence-electron chi connectivity index (χ0n) is 9.55. The van der Waals surface area contributed by atoms with Crippen molar-refractivity contribution in [2.24, 2.45) is 0 Å². The number of ether oxygens (including phenoxy) is 1. The summed E-state index contributed by atoms with van der Waals surface area (Å²) in [5.41, 5.74) is -0.760. The maximum Gasteiger partial charge on any atom is 0.330 e. The summed E-state index contributed by atoms with van der Waals surface area (Å²) in [5, 5.41) is 19.8. The maximum absolute atomic E-state index is 11.9. The van der Waals surface area contributed by atoms with Crippen LogP contribution in [-0.4, -0.2) is 47.6 Å². The van der Waals surface area contributed by atoms with Gasteiger partial charge in [0, 0.05) is 0 Å². The van der Waals surface area contributed by atoms with Gasteiger partial charge < -0.3 is 14.9 Å². The molecule has 0 spiro atoms. The molecule has 0 radical (unpaired) electrons. The number of aliphatic hydroxyl groups excluding tert-OH is 2. The Hall–Kier alpha value is -1.97. The normalized spacial score (nSPS) is 32.7. The molecular formula is C10H10N4O5. The largest absolute Gasteiger partial charge is 0.387 e. The highest BCUT2D eigenvalue weighted by atomic mass is 16.6. The van der Waals surface area contributed by atoms with Gasteiger partial charge in [0.15, 0.2) is 17.4 Å². The molecule has 9 nitrogen and oxygen atoms in total. The molecule has 4 atom stereocenters. The van der Waals surface area contributed by atoms with Crippen molar-refractivity contribution in [3.05, 3.63) is 27.2 Å². The first-order valence-corrected chi connectivity index (χ1v) is 5.79. The fourth-order valence-electron chi connectivity index (χ4n) is 2.75. The fourth-order valence-corrected chi connectivity index (χ4v) is 2.75. The molecule has 2 aliphatic rings. The summed E-state index contributed by atoms with van der Waals surface area (Å²) in [6, 6.07) is 0. The number of rotatable bonds is 0. The minimum atomic E-state index is -1.12. The van der Waals surface area contributed by atoms with Crippen LogP contribution in [0, 0.1) is 0 Å². The van der Waals surface area contributed by atoms with Gasteiger partial charge in [-0.15, -0.1) is 0 Å². The predicted octanol–water partition coefficient (Wildman–Crippen LogP) is -2.48. The number of hydrogen-bond donors (Lipinski definition) is 3. The van der Waals surface area contributed by atoms with Crippen LogP contribution < -0.4 is 11.2 Å². The van der Waals surface area contributed by atoms with Crippen LogP contribution in [0.15, 0.2) is 15.9 Å². The van der Waals surface area contributed by atoms with E-state index in [2.05, 4.69) is 9.97 Å². The van der Waals surface area contributed by atoms with E-state index in [9.17, 15) is 19.8 Å². The fraction of sp³-hybridized carbons (Fsp3) is 0.500. The molecule has 9 heteroatoms. The van der Waals surface area contributed by atoms with Crippen molar-refractivity contribution in [3.8, 4) is 0 Å². The molecule has 0 amide bonds. The molecule has 1 fully saturated rings. The van der Waals surface area contributed by atoms with Gasteiger partial charge in [0.2, 0.25) is 0 Å². The third-order valence-electron chi connectivity index (χ3n) is 3.68. The third kappa shape index (κ3) is 1.21. The summed E-state index contributed by atoms with van der Waals surface area (Å²) in [6.07, 6.45) is -2.43. The van der Waals surface area contributed by atoms with Gasteiger partial charge in [-0.3, -0.25) is 18.9 Å². The summed E-state index contributed by atoms with van der Waals surface area (Å²) in [7, 11) is 0. The lowest BCUT2D eigenvalue weighted by atomic mass is 10.1. The Kier molecular flexibility index (Phi) is 1.91. The molecule has 0 unspecified atom stereocenters. The summed E-state index contributed by atoms with van der Waals surface area (Å²) >= 11 is 0. The molecule has 4 heterocycles. The second kappa shape index (κ2) is 3.32. The van der Waals surface area contributed by atoms with Crippen LogP contribution >= 0.6 is 0 Å². The number of imidazole rings is 1. The number of aromatic nitrogens is 4. The molecule has 0 aromatic carbocycles. The van der Waals surface area contributed by atoms with Crippen molar-refractivity contribution in [1.29, 1.82) is 0 Å². The standard InChI is InChI=1S/C10H10N4O5/c15-5-3-1-13-8-4(7(17)12-10(13)18)11-2-14(8)9(19-3)6(5)16/h2-3,5-6,9,15-16H,1H2,(H,12,17,18)/t3-,5+,6+,9-/m1/s1. The average molecular weight is 266 g/mol. The Bertz CT molecular complexity index is 789. The first-order valence-electron chi connectivity index (χ1n) is 5.79. The van der Waals surface area contributed by atoms with Gasteiger partial charge in [-0.2, -0.15) is 0 Å². The highest BCUT2D eigenvalue weighted by Gasteiger charge is 2.46. The minimum Gasteiger partial charge on any atom is -0.387 e. The minimum absolute atomic E-state index is 0.0481. The lowest BCUT2D eigenvalue weighted by Crippen LogP contribution is -2.40. The summed E-state index contributed by atoms with van der Waals surface area (Å²) in [5.74, 6) is 0. The molecule has 100 valence electrons. The molecule has 0 aliphatic carbocycles. The number of H-pyrrole nitrogens is 1. The van der Waals surface area contributed by atoms with Crippen molar-refractivity contribution < 1.29 is 14.9 Å². The Morgan fingerprint density at radius 3 is 2.95 bits per heavy atom. The lowest BCUT2D eigenvalue weighted by molar-refractivity contribution is -0.0331. The molecule has 2 aromatic rings. The number of aliphatic hydroxyl groups is 2. The highest BCUT2D eigenvalue weighted by molar-refractivity contribution is 5.70. The van der Waals surface area contributed by atoms with E-state index in [1.807, 2.05) is 0 Å². The third-order valence-corrected chi connectivity index (χ3v) is 3.68. The topological polar surface area (TPSA) is 122 Å². The molecule has 2 bridgehead atoms. The summed E-state index contributed by atoms with van der Waals surface area (Å²) in [6.45, 7) is 0.0481.